The van der Waals surface area contributed by atoms with E-state index in [4.69, 9.17) is 11.6 Å². The lowest BCUT2D eigenvalue weighted by Gasteiger charge is -2.10. The molecule has 0 aliphatic heterocycles. The number of nitrogens with zero attached hydrogens (tertiary/aromatic N) is 1. The summed E-state index contributed by atoms with van der Waals surface area (Å²) in [6, 6.07) is 17.6. The number of pyridine rings is 1. The number of alkyl halides is 3. The van der Waals surface area contributed by atoms with Crippen LogP contribution in [0.15, 0.2) is 85.2 Å². The maximum Gasteiger partial charge on any atom is 0.416 e. The number of carbonyl (C=O) groups is 1. The second-order valence-corrected chi connectivity index (χ2v) is 7.94. The molecule has 3 nitrogen and oxygen atoms in total. The summed E-state index contributed by atoms with van der Waals surface area (Å²) in [6.07, 6.45) is -1.57. The molecule has 0 aliphatic carbocycles. The lowest BCUT2D eigenvalue weighted by atomic mass is 10.0. The molecule has 34 heavy (non-hydrogen) atoms. The van der Waals surface area contributed by atoms with Crippen LogP contribution in [0.25, 0.3) is 22.3 Å². The van der Waals surface area contributed by atoms with Gasteiger partial charge in [-0.15, -0.1) is 0 Å². The molecule has 1 amide bonds. The Morgan fingerprint density at radius 2 is 1.44 bits per heavy atom. The Kier molecular flexibility index (Phi) is 6.65. The summed E-state index contributed by atoms with van der Waals surface area (Å²) in [5.74, 6) is -0.731. The summed E-state index contributed by atoms with van der Waals surface area (Å²) in [6.45, 7) is 0.159. The van der Waals surface area contributed by atoms with Crippen molar-refractivity contribution in [1.82, 2.24) is 10.3 Å². The fourth-order valence-corrected chi connectivity index (χ4v) is 3.61. The molecule has 4 aromatic rings. The van der Waals surface area contributed by atoms with E-state index in [0.29, 0.717) is 21.7 Å². The number of nitrogens with one attached hydrogen (secondary N) is 1. The highest BCUT2D eigenvalue weighted by atomic mass is 35.5. The molecule has 0 aliphatic rings. The molecule has 0 radical (unpaired) electrons. The number of aromatic nitrogens is 1. The van der Waals surface area contributed by atoms with Gasteiger partial charge in [-0.2, -0.15) is 13.2 Å². The third kappa shape index (κ3) is 5.43. The van der Waals surface area contributed by atoms with Crippen molar-refractivity contribution in [3.8, 4) is 22.3 Å². The van der Waals surface area contributed by atoms with Gasteiger partial charge >= 0.3 is 6.18 Å². The average Bonchev–Trinajstić information content (AvgIpc) is 2.83. The molecule has 0 saturated carbocycles. The number of halogens is 5. The van der Waals surface area contributed by atoms with Gasteiger partial charge in [0.15, 0.2) is 0 Å². The summed E-state index contributed by atoms with van der Waals surface area (Å²) < 4.78 is 51.5. The molecule has 1 N–H and O–H groups in total. The van der Waals surface area contributed by atoms with Gasteiger partial charge in [0.25, 0.3) is 5.91 Å². The molecule has 3 aromatic carbocycles. The van der Waals surface area contributed by atoms with Crippen LogP contribution in [0.3, 0.4) is 0 Å². The Bertz CT molecular complexity index is 1320. The summed E-state index contributed by atoms with van der Waals surface area (Å²) in [4.78, 5) is 16.7. The second-order valence-electron chi connectivity index (χ2n) is 7.53. The summed E-state index contributed by atoms with van der Waals surface area (Å²) in [7, 11) is 0. The molecule has 0 atom stereocenters. The second kappa shape index (κ2) is 9.65. The zero-order valence-electron chi connectivity index (χ0n) is 17.5. The monoisotopic (exact) mass is 484 g/mol. The van der Waals surface area contributed by atoms with Crippen LogP contribution in [0.4, 0.5) is 17.6 Å². The number of rotatable bonds is 5. The Morgan fingerprint density at radius 1 is 0.824 bits per heavy atom. The molecule has 0 unspecified atom stereocenters. The van der Waals surface area contributed by atoms with E-state index >= 15 is 0 Å². The fourth-order valence-electron chi connectivity index (χ4n) is 3.36. The van der Waals surface area contributed by atoms with E-state index in [2.05, 4.69) is 10.3 Å². The highest BCUT2D eigenvalue weighted by Gasteiger charge is 2.30. The highest BCUT2D eigenvalue weighted by molar-refractivity contribution is 6.31. The van der Waals surface area contributed by atoms with Crippen molar-refractivity contribution in [1.29, 1.82) is 0 Å². The molecule has 0 bridgehead atoms. The van der Waals surface area contributed by atoms with E-state index < -0.39 is 17.6 Å². The van der Waals surface area contributed by atoms with Gasteiger partial charge in [0.1, 0.15) is 5.82 Å². The largest absolute Gasteiger partial charge is 0.416 e. The number of benzene rings is 3. The number of hydrogen-bond acceptors (Lipinski definition) is 2. The molecule has 1 heterocycles. The minimum absolute atomic E-state index is 0.159. The Balaban J connectivity index is 1.45. The minimum atomic E-state index is -4.42. The van der Waals surface area contributed by atoms with Gasteiger partial charge in [-0.3, -0.25) is 9.78 Å². The van der Waals surface area contributed by atoms with Gasteiger partial charge in [-0.25, -0.2) is 4.39 Å². The molecule has 0 saturated heterocycles. The van der Waals surface area contributed by atoms with Crippen molar-refractivity contribution < 1.29 is 22.4 Å². The highest BCUT2D eigenvalue weighted by Crippen LogP contribution is 2.31. The van der Waals surface area contributed by atoms with E-state index in [9.17, 15) is 22.4 Å². The summed E-state index contributed by atoms with van der Waals surface area (Å²) in [5.41, 5.74) is 2.85. The first-order chi connectivity index (χ1) is 16.2. The van der Waals surface area contributed by atoms with E-state index in [0.717, 1.165) is 23.3 Å². The van der Waals surface area contributed by atoms with Gasteiger partial charge < -0.3 is 5.32 Å². The lowest BCUT2D eigenvalue weighted by Crippen LogP contribution is -2.23. The van der Waals surface area contributed by atoms with Crippen LogP contribution in [0.5, 0.6) is 0 Å². The van der Waals surface area contributed by atoms with E-state index in [1.165, 1.54) is 36.7 Å². The van der Waals surface area contributed by atoms with Crippen molar-refractivity contribution in [3.63, 3.8) is 0 Å². The average molecular weight is 485 g/mol. The summed E-state index contributed by atoms with van der Waals surface area (Å²) >= 11 is 6.37. The van der Waals surface area contributed by atoms with Gasteiger partial charge in [0, 0.05) is 29.5 Å². The Labute approximate surface area is 198 Å². The summed E-state index contributed by atoms with van der Waals surface area (Å²) in [5, 5.41) is 3.21. The van der Waals surface area contributed by atoms with Crippen molar-refractivity contribution in [2.75, 3.05) is 0 Å². The SMILES string of the molecule is O=C(NCc1ccc(-c2ccc(F)cc2)cc1Cl)c1cncc(-c2ccc(C(F)(F)F)cc2)c1. The number of amides is 1. The van der Waals surface area contributed by atoms with Crippen molar-refractivity contribution in [2.45, 2.75) is 12.7 Å². The van der Waals surface area contributed by atoms with Crippen molar-refractivity contribution in [2.24, 2.45) is 0 Å². The maximum absolute atomic E-state index is 13.1. The van der Waals surface area contributed by atoms with Crippen LogP contribution in [0, 0.1) is 5.82 Å². The molecule has 0 spiro atoms. The normalized spacial score (nSPS) is 11.3. The third-order valence-corrected chi connectivity index (χ3v) is 5.57. The Hall–Kier alpha value is -3.71. The maximum atomic E-state index is 13.1. The molecule has 0 fully saturated rings. The van der Waals surface area contributed by atoms with Crippen molar-refractivity contribution >= 4 is 17.5 Å². The third-order valence-electron chi connectivity index (χ3n) is 5.22. The molecular formula is C26H17ClF4N2O. The Morgan fingerprint density at radius 3 is 2.09 bits per heavy atom. The van der Waals surface area contributed by atoms with E-state index in [1.54, 1.807) is 30.3 Å². The van der Waals surface area contributed by atoms with Crippen LogP contribution in [-0.2, 0) is 12.7 Å². The quantitative estimate of drug-likeness (QED) is 0.305. The van der Waals surface area contributed by atoms with Crippen LogP contribution in [0.1, 0.15) is 21.5 Å². The number of hydrogen-bond donors (Lipinski definition) is 1. The lowest BCUT2D eigenvalue weighted by molar-refractivity contribution is -0.137. The fraction of sp³-hybridized carbons (Fsp3) is 0.0769. The smallest absolute Gasteiger partial charge is 0.348 e. The predicted octanol–water partition coefficient (Wildman–Crippen LogP) is 7.16. The first kappa shape index (κ1) is 23.4. The molecular weight excluding hydrogens is 468 g/mol. The zero-order chi connectivity index (χ0) is 24.3. The van der Waals surface area contributed by atoms with Crippen LogP contribution in [0.2, 0.25) is 5.02 Å². The minimum Gasteiger partial charge on any atom is -0.348 e. The predicted molar refractivity (Wildman–Crippen MR) is 123 cm³/mol. The standard InChI is InChI=1S/C26H17ClF4N2O/c27-24-12-18(16-5-9-23(28)10-6-16)1-2-19(24)15-33-25(34)21-11-20(13-32-14-21)17-3-7-22(8-4-17)26(29,30)31/h1-14H,15H2,(H,33,34). The molecule has 1 aromatic heterocycles. The van der Waals surface area contributed by atoms with Gasteiger partial charge in [0.05, 0.1) is 11.1 Å². The molecule has 8 heteroatoms. The van der Waals surface area contributed by atoms with Crippen LogP contribution in [-0.4, -0.2) is 10.9 Å². The topological polar surface area (TPSA) is 42.0 Å². The first-order valence-electron chi connectivity index (χ1n) is 10.2. The van der Waals surface area contributed by atoms with Crippen LogP contribution >= 0.6 is 11.6 Å². The van der Waals surface area contributed by atoms with Gasteiger partial charge in [-0.1, -0.05) is 48.0 Å². The molecule has 172 valence electrons. The van der Waals surface area contributed by atoms with E-state index in [-0.39, 0.29) is 17.9 Å². The first-order valence-corrected chi connectivity index (χ1v) is 10.5. The number of carbonyl (C=O) groups excluding carboxylic acids is 1. The van der Waals surface area contributed by atoms with Crippen molar-refractivity contribution in [3.05, 3.63) is 113 Å². The van der Waals surface area contributed by atoms with Gasteiger partial charge in [0.2, 0.25) is 0 Å². The zero-order valence-corrected chi connectivity index (χ0v) is 18.3. The van der Waals surface area contributed by atoms with E-state index in [1.807, 2.05) is 6.07 Å². The van der Waals surface area contributed by atoms with Crippen LogP contribution < -0.4 is 5.32 Å². The van der Waals surface area contributed by atoms with Gasteiger partial charge in [-0.05, 0) is 58.7 Å². The molecule has 4 rings (SSSR count).